The maximum Gasteiger partial charge on any atom is 0.418 e. The summed E-state index contributed by atoms with van der Waals surface area (Å²) in [4.78, 5) is 25.0. The normalized spacial score (nSPS) is 13.0. The highest BCUT2D eigenvalue weighted by molar-refractivity contribution is 5.97. The van der Waals surface area contributed by atoms with E-state index in [4.69, 9.17) is 0 Å². The average Bonchev–Trinajstić information content (AvgIpc) is 2.81. The highest BCUT2D eigenvalue weighted by Gasteiger charge is 2.37. The number of hydrogen-bond acceptors (Lipinski definition) is 4. The molecule has 11 heteroatoms. The minimum atomic E-state index is -4.81. The molecule has 4 rings (SSSR count). The first kappa shape index (κ1) is 23.1. The van der Waals surface area contributed by atoms with Crippen molar-refractivity contribution in [3.63, 3.8) is 0 Å². The Hall–Kier alpha value is -4.02. The Labute approximate surface area is 188 Å². The number of benzene rings is 2. The number of nitrogens with zero attached hydrogens (tertiary/aromatic N) is 3. The summed E-state index contributed by atoms with van der Waals surface area (Å²) >= 11 is 0. The Morgan fingerprint density at radius 2 is 1.44 bits per heavy atom. The molecule has 1 amide bonds. The van der Waals surface area contributed by atoms with Crippen LogP contribution in [0.3, 0.4) is 0 Å². The van der Waals surface area contributed by atoms with Gasteiger partial charge in [0.15, 0.2) is 0 Å². The number of aromatic nitrogens is 3. The molecule has 0 radical (unpaired) electrons. The minimum Gasteiger partial charge on any atom is -0.340 e. The van der Waals surface area contributed by atoms with Crippen LogP contribution in [0.4, 0.5) is 26.3 Å². The standard InChI is InChI=1S/C23H14F6N4O/c24-22(25,26)15-6-3-13(4-7-15)19(20-16(23(27,28)29)2-1-9-32-20)33-21(34)14-5-8-17-18(12-14)31-11-10-30-17/h1-12,19H,(H,33,34). The van der Waals surface area contributed by atoms with Crippen LogP contribution in [0.2, 0.25) is 0 Å². The van der Waals surface area contributed by atoms with Crippen LogP contribution in [0.25, 0.3) is 11.0 Å². The number of pyridine rings is 1. The van der Waals surface area contributed by atoms with Crippen LogP contribution >= 0.6 is 0 Å². The van der Waals surface area contributed by atoms with Gasteiger partial charge in [-0.1, -0.05) is 12.1 Å². The second-order valence-electron chi connectivity index (χ2n) is 7.22. The first-order valence-corrected chi connectivity index (χ1v) is 9.75. The van der Waals surface area contributed by atoms with Crippen LogP contribution in [0, 0.1) is 0 Å². The van der Waals surface area contributed by atoms with Gasteiger partial charge in [0.05, 0.1) is 33.9 Å². The van der Waals surface area contributed by atoms with Crippen molar-refractivity contribution in [2.45, 2.75) is 18.4 Å². The van der Waals surface area contributed by atoms with Crippen molar-refractivity contribution in [3.8, 4) is 0 Å². The molecule has 0 saturated heterocycles. The van der Waals surface area contributed by atoms with E-state index in [-0.39, 0.29) is 11.1 Å². The number of amides is 1. The number of fused-ring (bicyclic) bond motifs is 1. The van der Waals surface area contributed by atoms with Gasteiger partial charge in [-0.05, 0) is 48.0 Å². The van der Waals surface area contributed by atoms with Crippen molar-refractivity contribution in [1.82, 2.24) is 20.3 Å². The van der Waals surface area contributed by atoms with E-state index in [0.29, 0.717) is 11.0 Å². The summed E-state index contributed by atoms with van der Waals surface area (Å²) < 4.78 is 79.9. The van der Waals surface area contributed by atoms with Gasteiger partial charge in [0, 0.05) is 24.2 Å². The molecule has 2 heterocycles. The van der Waals surface area contributed by atoms with Crippen molar-refractivity contribution in [2.75, 3.05) is 0 Å². The summed E-state index contributed by atoms with van der Waals surface area (Å²) in [5.74, 6) is -0.767. The molecule has 5 nitrogen and oxygen atoms in total. The fourth-order valence-corrected chi connectivity index (χ4v) is 3.38. The van der Waals surface area contributed by atoms with Crippen molar-refractivity contribution < 1.29 is 31.1 Å². The number of carbonyl (C=O) groups is 1. The first-order chi connectivity index (χ1) is 16.0. The third kappa shape index (κ3) is 4.82. The fraction of sp³-hybridized carbons (Fsp3) is 0.130. The quantitative estimate of drug-likeness (QED) is 0.391. The van der Waals surface area contributed by atoms with Crippen molar-refractivity contribution in [3.05, 3.63) is 101 Å². The van der Waals surface area contributed by atoms with E-state index in [9.17, 15) is 31.1 Å². The Morgan fingerprint density at radius 1 is 0.765 bits per heavy atom. The van der Waals surface area contributed by atoms with Gasteiger partial charge in [0.25, 0.3) is 5.91 Å². The molecule has 1 atom stereocenters. The number of rotatable bonds is 4. The van der Waals surface area contributed by atoms with E-state index >= 15 is 0 Å². The molecule has 0 aliphatic heterocycles. The zero-order valence-corrected chi connectivity index (χ0v) is 17.0. The molecule has 2 aromatic heterocycles. The third-order valence-electron chi connectivity index (χ3n) is 5.00. The predicted molar refractivity (Wildman–Crippen MR) is 110 cm³/mol. The van der Waals surface area contributed by atoms with Crippen molar-refractivity contribution >= 4 is 16.9 Å². The molecule has 0 spiro atoms. The Bertz CT molecular complexity index is 1340. The van der Waals surface area contributed by atoms with Gasteiger partial charge in [-0.2, -0.15) is 26.3 Å². The molecule has 1 N–H and O–H groups in total. The second kappa shape index (κ2) is 8.73. The number of carbonyl (C=O) groups excluding carboxylic acids is 1. The molecule has 0 bridgehead atoms. The highest BCUT2D eigenvalue weighted by atomic mass is 19.4. The smallest absolute Gasteiger partial charge is 0.340 e. The number of nitrogens with one attached hydrogen (secondary N) is 1. The van der Waals surface area contributed by atoms with Crippen LogP contribution in [0.1, 0.15) is 38.8 Å². The van der Waals surface area contributed by atoms with Crippen LogP contribution in [-0.2, 0) is 12.4 Å². The zero-order valence-electron chi connectivity index (χ0n) is 17.0. The Morgan fingerprint density at radius 3 is 2.09 bits per heavy atom. The molecule has 0 aliphatic carbocycles. The van der Waals surface area contributed by atoms with Gasteiger partial charge in [-0.25, -0.2) is 0 Å². The number of halogens is 6. The van der Waals surface area contributed by atoms with Gasteiger partial charge in [0.1, 0.15) is 0 Å². The van der Waals surface area contributed by atoms with Gasteiger partial charge in [-0.15, -0.1) is 0 Å². The molecule has 2 aromatic carbocycles. The summed E-state index contributed by atoms with van der Waals surface area (Å²) in [5, 5.41) is 2.47. The van der Waals surface area contributed by atoms with Gasteiger partial charge in [0.2, 0.25) is 0 Å². The van der Waals surface area contributed by atoms with Crippen LogP contribution in [0.5, 0.6) is 0 Å². The van der Waals surface area contributed by atoms with E-state index in [1.165, 1.54) is 30.6 Å². The maximum atomic E-state index is 13.7. The molecule has 0 fully saturated rings. The van der Waals surface area contributed by atoms with Crippen LogP contribution < -0.4 is 5.32 Å². The second-order valence-corrected chi connectivity index (χ2v) is 7.22. The van der Waals surface area contributed by atoms with E-state index in [2.05, 4.69) is 20.3 Å². The van der Waals surface area contributed by atoms with Crippen molar-refractivity contribution in [2.24, 2.45) is 0 Å². The Balaban J connectivity index is 1.77. The lowest BCUT2D eigenvalue weighted by Crippen LogP contribution is -2.31. The van der Waals surface area contributed by atoms with E-state index in [0.717, 1.165) is 42.6 Å². The average molecular weight is 476 g/mol. The lowest BCUT2D eigenvalue weighted by molar-refractivity contribution is -0.139. The molecule has 174 valence electrons. The van der Waals surface area contributed by atoms with Crippen molar-refractivity contribution in [1.29, 1.82) is 0 Å². The third-order valence-corrected chi connectivity index (χ3v) is 5.00. The molecular weight excluding hydrogens is 462 g/mol. The van der Waals surface area contributed by atoms with E-state index < -0.39 is 41.1 Å². The predicted octanol–water partition coefficient (Wildman–Crippen LogP) is 5.58. The summed E-state index contributed by atoms with van der Waals surface area (Å²) in [6.07, 6.45) is -5.46. The number of hydrogen-bond donors (Lipinski definition) is 1. The fourth-order valence-electron chi connectivity index (χ4n) is 3.38. The maximum absolute atomic E-state index is 13.7. The molecule has 34 heavy (non-hydrogen) atoms. The SMILES string of the molecule is O=C(NC(c1ccc(C(F)(F)F)cc1)c1ncccc1C(F)(F)F)c1ccc2nccnc2c1. The number of alkyl halides is 6. The molecule has 0 aliphatic rings. The molecule has 1 unspecified atom stereocenters. The highest BCUT2D eigenvalue weighted by Crippen LogP contribution is 2.36. The Kier molecular flexibility index (Phi) is 5.94. The monoisotopic (exact) mass is 476 g/mol. The van der Waals surface area contributed by atoms with Crippen LogP contribution in [-0.4, -0.2) is 20.9 Å². The summed E-state index contributed by atoms with van der Waals surface area (Å²) in [5.41, 5.74) is -1.70. The lowest BCUT2D eigenvalue weighted by atomic mass is 9.97. The van der Waals surface area contributed by atoms with Gasteiger partial charge < -0.3 is 5.32 Å². The summed E-state index contributed by atoms with van der Waals surface area (Å²) in [7, 11) is 0. The zero-order chi connectivity index (χ0) is 24.5. The van der Waals surface area contributed by atoms with Gasteiger partial charge >= 0.3 is 12.4 Å². The molecule has 0 saturated carbocycles. The lowest BCUT2D eigenvalue weighted by Gasteiger charge is -2.23. The summed E-state index contributed by atoms with van der Waals surface area (Å²) in [6, 6.07) is 8.22. The summed E-state index contributed by atoms with van der Waals surface area (Å²) in [6.45, 7) is 0. The largest absolute Gasteiger partial charge is 0.418 e. The van der Waals surface area contributed by atoms with Crippen LogP contribution in [0.15, 0.2) is 73.2 Å². The van der Waals surface area contributed by atoms with E-state index in [1.54, 1.807) is 0 Å². The minimum absolute atomic E-state index is 0.00821. The van der Waals surface area contributed by atoms with E-state index in [1.807, 2.05) is 0 Å². The van der Waals surface area contributed by atoms with Gasteiger partial charge in [-0.3, -0.25) is 19.7 Å². The topological polar surface area (TPSA) is 67.8 Å². The molecule has 4 aromatic rings. The molecular formula is C23H14F6N4O. The first-order valence-electron chi connectivity index (χ1n) is 9.75.